The number of rotatable bonds is 8. The van der Waals surface area contributed by atoms with Crippen LogP contribution in [0.1, 0.15) is 11.1 Å². The summed E-state index contributed by atoms with van der Waals surface area (Å²) in [7, 11) is 3.56. The van der Waals surface area contributed by atoms with E-state index in [9.17, 15) is 5.11 Å². The van der Waals surface area contributed by atoms with Gasteiger partial charge in [0, 0.05) is 11.4 Å². The summed E-state index contributed by atoms with van der Waals surface area (Å²) in [5.41, 5.74) is 1.99. The standard InChI is InChI=1S/C22H23O4P/c1-24-18-12-19(25-2)22(26-15-16-8-4-3-5-9-16)21(13-18)27-20-11-7-6-10-17(20)14-23/h3-13,23,27H,14-15H2,1-2H3. The van der Waals surface area contributed by atoms with Gasteiger partial charge in [0.25, 0.3) is 0 Å². The normalized spacial score (nSPS) is 10.9. The zero-order valence-electron chi connectivity index (χ0n) is 15.4. The molecule has 0 heterocycles. The number of hydrogen-bond acceptors (Lipinski definition) is 4. The molecule has 0 aliphatic carbocycles. The second-order valence-corrected chi connectivity index (χ2v) is 7.25. The molecular weight excluding hydrogens is 359 g/mol. The Hall–Kier alpha value is -2.55. The zero-order valence-corrected chi connectivity index (χ0v) is 16.4. The topological polar surface area (TPSA) is 47.9 Å². The number of ether oxygens (including phenoxy) is 3. The lowest BCUT2D eigenvalue weighted by Crippen LogP contribution is -2.13. The minimum Gasteiger partial charge on any atom is -0.497 e. The van der Waals surface area contributed by atoms with Gasteiger partial charge in [-0.05, 0) is 22.5 Å². The van der Waals surface area contributed by atoms with Crippen LogP contribution in [-0.2, 0) is 13.2 Å². The van der Waals surface area contributed by atoms with Gasteiger partial charge in [0.1, 0.15) is 12.4 Å². The van der Waals surface area contributed by atoms with E-state index in [-0.39, 0.29) is 6.61 Å². The van der Waals surface area contributed by atoms with Crippen molar-refractivity contribution in [1.82, 2.24) is 0 Å². The van der Waals surface area contributed by atoms with E-state index in [2.05, 4.69) is 0 Å². The molecule has 3 aromatic rings. The Bertz CT molecular complexity index is 881. The first-order valence-electron chi connectivity index (χ1n) is 8.63. The molecule has 27 heavy (non-hydrogen) atoms. The maximum absolute atomic E-state index is 9.64. The first kappa shape index (κ1) is 19.2. The molecular formula is C22H23O4P. The maximum atomic E-state index is 9.64. The molecule has 140 valence electrons. The molecule has 5 heteroatoms. The monoisotopic (exact) mass is 382 g/mol. The molecule has 0 saturated carbocycles. The highest BCUT2D eigenvalue weighted by atomic mass is 31.1. The molecule has 0 aromatic heterocycles. The van der Waals surface area contributed by atoms with Gasteiger partial charge in [0.15, 0.2) is 11.5 Å². The molecule has 3 rings (SSSR count). The van der Waals surface area contributed by atoms with E-state index in [1.54, 1.807) is 14.2 Å². The summed E-state index contributed by atoms with van der Waals surface area (Å²) in [6.07, 6.45) is 0. The minimum absolute atomic E-state index is 0.00445. The van der Waals surface area contributed by atoms with E-state index < -0.39 is 0 Å². The van der Waals surface area contributed by atoms with Crippen LogP contribution in [0.5, 0.6) is 17.2 Å². The highest BCUT2D eigenvalue weighted by Gasteiger charge is 2.16. The van der Waals surface area contributed by atoms with Crippen molar-refractivity contribution >= 4 is 19.2 Å². The largest absolute Gasteiger partial charge is 0.497 e. The predicted molar refractivity (Wildman–Crippen MR) is 110 cm³/mol. The molecule has 0 aliphatic rings. The summed E-state index contributed by atoms with van der Waals surface area (Å²) in [6, 6.07) is 21.7. The van der Waals surface area contributed by atoms with Crippen molar-refractivity contribution in [3.63, 3.8) is 0 Å². The third kappa shape index (κ3) is 4.79. The lowest BCUT2D eigenvalue weighted by Gasteiger charge is -2.18. The predicted octanol–water partition coefficient (Wildman–Crippen LogP) is 3.40. The van der Waals surface area contributed by atoms with Crippen LogP contribution in [0, 0.1) is 0 Å². The van der Waals surface area contributed by atoms with Crippen LogP contribution in [0.15, 0.2) is 66.7 Å². The second kappa shape index (κ2) is 9.40. The van der Waals surface area contributed by atoms with Gasteiger partial charge in [-0.1, -0.05) is 63.2 Å². The Morgan fingerprint density at radius 3 is 2.30 bits per heavy atom. The maximum Gasteiger partial charge on any atom is 0.169 e. The van der Waals surface area contributed by atoms with Gasteiger partial charge in [-0.25, -0.2) is 0 Å². The van der Waals surface area contributed by atoms with E-state index >= 15 is 0 Å². The molecule has 3 aromatic carbocycles. The van der Waals surface area contributed by atoms with Crippen LogP contribution in [0.2, 0.25) is 0 Å². The SMILES string of the molecule is COc1cc(OC)c(OCc2ccccc2)c(Pc2ccccc2CO)c1. The average Bonchev–Trinajstić information content (AvgIpc) is 2.73. The van der Waals surface area contributed by atoms with E-state index in [0.29, 0.717) is 32.4 Å². The van der Waals surface area contributed by atoms with Crippen LogP contribution >= 0.6 is 8.58 Å². The molecule has 0 spiro atoms. The first-order chi connectivity index (χ1) is 13.2. The van der Waals surface area contributed by atoms with Crippen LogP contribution in [0.3, 0.4) is 0 Å². The summed E-state index contributed by atoms with van der Waals surface area (Å²) in [5.74, 6) is 2.05. The Labute approximate surface area is 161 Å². The smallest absolute Gasteiger partial charge is 0.169 e. The van der Waals surface area contributed by atoms with Gasteiger partial charge in [0.2, 0.25) is 0 Å². The molecule has 0 saturated heterocycles. The van der Waals surface area contributed by atoms with Crippen molar-refractivity contribution in [3.05, 3.63) is 77.9 Å². The Morgan fingerprint density at radius 1 is 0.852 bits per heavy atom. The Kier molecular flexibility index (Phi) is 6.69. The van der Waals surface area contributed by atoms with Gasteiger partial charge >= 0.3 is 0 Å². The van der Waals surface area contributed by atoms with Crippen LogP contribution in [-0.4, -0.2) is 19.3 Å². The third-order valence-electron chi connectivity index (χ3n) is 4.17. The van der Waals surface area contributed by atoms with Gasteiger partial charge in [-0.15, -0.1) is 0 Å². The van der Waals surface area contributed by atoms with Crippen LogP contribution < -0.4 is 24.8 Å². The van der Waals surface area contributed by atoms with E-state index in [4.69, 9.17) is 14.2 Å². The van der Waals surface area contributed by atoms with Crippen LogP contribution in [0.4, 0.5) is 0 Å². The second-order valence-electron chi connectivity index (χ2n) is 5.92. The Morgan fingerprint density at radius 2 is 1.59 bits per heavy atom. The minimum atomic E-state index is 0.00445. The van der Waals surface area contributed by atoms with Crippen molar-refractivity contribution < 1.29 is 19.3 Å². The summed E-state index contributed by atoms with van der Waals surface area (Å²) < 4.78 is 17.1. The lowest BCUT2D eigenvalue weighted by molar-refractivity contribution is 0.283. The third-order valence-corrected chi connectivity index (χ3v) is 5.56. The fraction of sp³-hybridized carbons (Fsp3) is 0.182. The van der Waals surface area contributed by atoms with Crippen molar-refractivity contribution in [1.29, 1.82) is 0 Å². The van der Waals surface area contributed by atoms with Gasteiger partial charge in [-0.2, -0.15) is 0 Å². The summed E-state index contributed by atoms with van der Waals surface area (Å²) >= 11 is 0. The molecule has 0 bridgehead atoms. The fourth-order valence-electron chi connectivity index (χ4n) is 2.74. The van der Waals surface area contributed by atoms with Crippen molar-refractivity contribution in [2.24, 2.45) is 0 Å². The average molecular weight is 382 g/mol. The number of hydrogen-bond donors (Lipinski definition) is 1. The van der Waals surface area contributed by atoms with E-state index in [0.717, 1.165) is 21.7 Å². The van der Waals surface area contributed by atoms with Crippen LogP contribution in [0.25, 0.3) is 0 Å². The fourth-order valence-corrected chi connectivity index (χ4v) is 4.06. The molecule has 0 radical (unpaired) electrons. The summed E-state index contributed by atoms with van der Waals surface area (Å²) in [4.78, 5) is 0. The van der Waals surface area contributed by atoms with Gasteiger partial charge < -0.3 is 19.3 Å². The van der Waals surface area contributed by atoms with Crippen molar-refractivity contribution in [2.45, 2.75) is 13.2 Å². The molecule has 4 nitrogen and oxygen atoms in total. The number of aliphatic hydroxyl groups is 1. The molecule has 1 atom stereocenters. The van der Waals surface area contributed by atoms with Crippen molar-refractivity contribution in [2.75, 3.05) is 14.2 Å². The summed E-state index contributed by atoms with van der Waals surface area (Å²) in [5, 5.41) is 11.7. The highest BCUT2D eigenvalue weighted by Crippen LogP contribution is 2.35. The van der Waals surface area contributed by atoms with Crippen molar-refractivity contribution in [3.8, 4) is 17.2 Å². The van der Waals surface area contributed by atoms with E-state index in [1.165, 1.54) is 0 Å². The number of methoxy groups -OCH3 is 2. The number of aliphatic hydroxyl groups excluding tert-OH is 1. The van der Waals surface area contributed by atoms with Gasteiger partial charge in [-0.3, -0.25) is 0 Å². The number of benzene rings is 3. The molecule has 1 N–H and O–H groups in total. The quantitative estimate of drug-likeness (QED) is 0.607. The highest BCUT2D eigenvalue weighted by molar-refractivity contribution is 7.55. The van der Waals surface area contributed by atoms with Gasteiger partial charge in [0.05, 0.1) is 20.8 Å². The zero-order chi connectivity index (χ0) is 19.1. The summed E-state index contributed by atoms with van der Waals surface area (Å²) in [6.45, 7) is 0.452. The molecule has 1 unspecified atom stereocenters. The van der Waals surface area contributed by atoms with E-state index in [1.807, 2.05) is 66.7 Å². The molecule has 0 fully saturated rings. The first-order valence-corrected chi connectivity index (χ1v) is 9.63. The molecule has 0 amide bonds. The lowest BCUT2D eigenvalue weighted by atomic mass is 10.2. The molecule has 0 aliphatic heterocycles. The Balaban J connectivity index is 1.96.